The van der Waals surface area contributed by atoms with E-state index in [0.717, 1.165) is 28.8 Å². The number of hydrogen-bond donors (Lipinski definition) is 1. The van der Waals surface area contributed by atoms with E-state index >= 15 is 0 Å². The molecule has 3 aromatic rings. The summed E-state index contributed by atoms with van der Waals surface area (Å²) in [6.45, 7) is 9.36. The number of nitrogens with two attached hydrogens (primary N) is 1. The van der Waals surface area contributed by atoms with Gasteiger partial charge < -0.3 is 10.5 Å². The highest BCUT2D eigenvalue weighted by molar-refractivity contribution is 6.03. The van der Waals surface area contributed by atoms with Crippen LogP contribution in [-0.2, 0) is 11.2 Å². The van der Waals surface area contributed by atoms with Gasteiger partial charge in [-0.05, 0) is 63.9 Å². The van der Waals surface area contributed by atoms with E-state index in [9.17, 15) is 9.59 Å². The van der Waals surface area contributed by atoms with Gasteiger partial charge in [-0.3, -0.25) is 4.79 Å². The van der Waals surface area contributed by atoms with Gasteiger partial charge >= 0.3 is 5.97 Å². The summed E-state index contributed by atoms with van der Waals surface area (Å²) in [6.07, 6.45) is 0.812. The molecule has 2 aromatic heterocycles. The third kappa shape index (κ3) is 3.63. The summed E-state index contributed by atoms with van der Waals surface area (Å²) in [5.74, 6) is -0.917. The predicted octanol–water partition coefficient (Wildman–Crippen LogP) is 3.93. The maximum Gasteiger partial charge on any atom is 0.341 e. The topological polar surface area (TPSA) is 86.7 Å². The maximum atomic E-state index is 13.0. The summed E-state index contributed by atoms with van der Waals surface area (Å²) in [5.41, 5.74) is 9.54. The smallest absolute Gasteiger partial charge is 0.341 e. The van der Waals surface area contributed by atoms with Gasteiger partial charge in [-0.1, -0.05) is 19.1 Å². The van der Waals surface area contributed by atoms with E-state index in [-0.39, 0.29) is 0 Å². The summed E-state index contributed by atoms with van der Waals surface area (Å²) < 4.78 is 7.51. The molecule has 0 radical (unpaired) electrons. The predicted molar refractivity (Wildman–Crippen MR) is 108 cm³/mol. The van der Waals surface area contributed by atoms with Gasteiger partial charge in [0.05, 0.1) is 16.8 Å². The summed E-state index contributed by atoms with van der Waals surface area (Å²) in [6, 6.07) is 10.9. The Kier molecular flexibility index (Phi) is 4.98. The molecule has 0 saturated heterocycles. The lowest BCUT2D eigenvalue weighted by molar-refractivity contribution is 0.00689. The van der Waals surface area contributed by atoms with Crippen molar-refractivity contribution in [2.45, 2.75) is 46.6 Å². The van der Waals surface area contributed by atoms with Crippen molar-refractivity contribution in [3.8, 4) is 11.1 Å². The van der Waals surface area contributed by atoms with E-state index in [1.807, 2.05) is 37.4 Å². The van der Waals surface area contributed by atoms with Crippen LogP contribution >= 0.6 is 0 Å². The Morgan fingerprint density at radius 1 is 1.11 bits per heavy atom. The minimum absolute atomic E-state index is 0.411. The van der Waals surface area contributed by atoms with Gasteiger partial charge in [-0.25, -0.2) is 9.31 Å². The van der Waals surface area contributed by atoms with Crippen molar-refractivity contribution < 1.29 is 14.3 Å². The first-order chi connectivity index (χ1) is 13.1. The highest BCUT2D eigenvalue weighted by Gasteiger charge is 2.26. The fraction of sp³-hybridized carbons (Fsp3) is 0.318. The van der Waals surface area contributed by atoms with Crippen molar-refractivity contribution in [1.82, 2.24) is 9.61 Å². The summed E-state index contributed by atoms with van der Waals surface area (Å²) in [7, 11) is 0. The Balaban J connectivity index is 2.30. The Bertz CT molecular complexity index is 1060. The van der Waals surface area contributed by atoms with E-state index < -0.39 is 17.5 Å². The van der Waals surface area contributed by atoms with Crippen LogP contribution in [0, 0.1) is 6.92 Å². The second-order valence-electron chi connectivity index (χ2n) is 7.75. The van der Waals surface area contributed by atoms with Crippen molar-refractivity contribution in [3.63, 3.8) is 0 Å². The van der Waals surface area contributed by atoms with Crippen molar-refractivity contribution >= 4 is 17.4 Å². The Labute approximate surface area is 164 Å². The normalized spacial score (nSPS) is 11.6. The zero-order valence-corrected chi connectivity index (χ0v) is 16.9. The van der Waals surface area contributed by atoms with Crippen molar-refractivity contribution in [2.75, 3.05) is 0 Å². The molecule has 2 heterocycles. The van der Waals surface area contributed by atoms with Crippen molar-refractivity contribution in [3.05, 3.63) is 58.9 Å². The van der Waals surface area contributed by atoms with Gasteiger partial charge in [0.15, 0.2) is 0 Å². The molecule has 6 heteroatoms. The van der Waals surface area contributed by atoms with Crippen LogP contribution in [0.2, 0.25) is 0 Å². The molecule has 0 atom stereocenters. The van der Waals surface area contributed by atoms with E-state index in [4.69, 9.17) is 10.5 Å². The second kappa shape index (κ2) is 7.11. The minimum Gasteiger partial charge on any atom is -0.456 e. The zero-order valence-electron chi connectivity index (χ0n) is 16.9. The summed E-state index contributed by atoms with van der Waals surface area (Å²) in [4.78, 5) is 24.4. The van der Waals surface area contributed by atoms with E-state index in [1.54, 1.807) is 31.2 Å². The van der Waals surface area contributed by atoms with Gasteiger partial charge in [0.1, 0.15) is 5.60 Å². The van der Waals surface area contributed by atoms with Gasteiger partial charge in [-0.2, -0.15) is 5.10 Å². The number of hydrogen-bond acceptors (Lipinski definition) is 4. The number of rotatable bonds is 4. The Hall–Kier alpha value is -3.15. The first-order valence-corrected chi connectivity index (χ1v) is 9.27. The van der Waals surface area contributed by atoms with Gasteiger partial charge in [0, 0.05) is 16.8 Å². The monoisotopic (exact) mass is 379 g/mol. The number of nitrogens with zero attached hydrogens (tertiary/aromatic N) is 2. The molecule has 1 amide bonds. The van der Waals surface area contributed by atoms with Gasteiger partial charge in [0.25, 0.3) is 0 Å². The first-order valence-electron chi connectivity index (χ1n) is 9.27. The molecule has 0 fully saturated rings. The molecule has 1 aromatic carbocycles. The number of esters is 1. The Morgan fingerprint density at radius 3 is 2.29 bits per heavy atom. The average molecular weight is 379 g/mol. The number of aromatic nitrogens is 2. The summed E-state index contributed by atoms with van der Waals surface area (Å²) >= 11 is 0. The summed E-state index contributed by atoms with van der Waals surface area (Å²) in [5, 5.41) is 4.63. The SMILES string of the molecule is CCc1ccc2c(-c3ccc(C(N)=O)cc3)c(C(=O)OC(C)(C)C)c(C)nn12. The fourth-order valence-corrected chi connectivity index (χ4v) is 3.23. The molecule has 2 N–H and O–H groups in total. The Morgan fingerprint density at radius 2 is 1.75 bits per heavy atom. The largest absolute Gasteiger partial charge is 0.456 e. The molecule has 0 aliphatic rings. The van der Waals surface area contributed by atoms with Crippen LogP contribution in [0.3, 0.4) is 0 Å². The molecule has 0 aliphatic heterocycles. The van der Waals surface area contributed by atoms with Crippen LogP contribution in [-0.4, -0.2) is 27.1 Å². The van der Waals surface area contributed by atoms with Crippen molar-refractivity contribution in [1.29, 1.82) is 0 Å². The first kappa shape index (κ1) is 19.6. The standard InChI is InChI=1S/C22H25N3O3/c1-6-16-11-12-17-19(14-7-9-15(10-8-14)20(23)26)18(13(2)24-25(16)17)21(27)28-22(3,4)5/h7-12H,6H2,1-5H3,(H2,23,26). The lowest BCUT2D eigenvalue weighted by Gasteiger charge is -2.22. The van der Waals surface area contributed by atoms with Crippen LogP contribution in [0.15, 0.2) is 36.4 Å². The van der Waals surface area contributed by atoms with Crippen LogP contribution < -0.4 is 5.73 Å². The molecule has 146 valence electrons. The van der Waals surface area contributed by atoms with Crippen molar-refractivity contribution in [2.24, 2.45) is 5.73 Å². The highest BCUT2D eigenvalue weighted by atomic mass is 16.6. The number of primary amides is 1. The van der Waals surface area contributed by atoms with E-state index in [0.29, 0.717) is 16.8 Å². The molecule has 0 saturated carbocycles. The molecular formula is C22H25N3O3. The highest BCUT2D eigenvalue weighted by Crippen LogP contribution is 2.33. The number of carbonyl (C=O) groups excluding carboxylic acids is 2. The molecule has 3 rings (SSSR count). The number of benzene rings is 1. The molecule has 0 aliphatic carbocycles. The van der Waals surface area contributed by atoms with Gasteiger partial charge in [-0.15, -0.1) is 0 Å². The zero-order chi connectivity index (χ0) is 20.6. The number of fused-ring (bicyclic) bond motifs is 1. The van der Waals surface area contributed by atoms with E-state index in [1.165, 1.54) is 0 Å². The van der Waals surface area contributed by atoms with E-state index in [2.05, 4.69) is 12.0 Å². The molecule has 0 unspecified atom stereocenters. The molecule has 0 bridgehead atoms. The third-order valence-corrected chi connectivity index (χ3v) is 4.48. The maximum absolute atomic E-state index is 13.0. The number of ether oxygens (including phenoxy) is 1. The minimum atomic E-state index is -0.626. The van der Waals surface area contributed by atoms with Crippen LogP contribution in [0.4, 0.5) is 0 Å². The lowest BCUT2D eigenvalue weighted by Crippen LogP contribution is -2.25. The molecule has 6 nitrogen and oxygen atoms in total. The van der Waals surface area contributed by atoms with Gasteiger partial charge in [0.2, 0.25) is 5.91 Å². The van der Waals surface area contributed by atoms with Crippen LogP contribution in [0.1, 0.15) is 59.8 Å². The quantitative estimate of drug-likeness (QED) is 0.696. The average Bonchev–Trinajstić information content (AvgIpc) is 3.01. The molecule has 28 heavy (non-hydrogen) atoms. The number of aryl methyl sites for hydroxylation is 2. The van der Waals surface area contributed by atoms with Crippen LogP contribution in [0.5, 0.6) is 0 Å². The second-order valence-corrected chi connectivity index (χ2v) is 7.75. The lowest BCUT2D eigenvalue weighted by atomic mass is 9.97. The number of carbonyl (C=O) groups is 2. The fourth-order valence-electron chi connectivity index (χ4n) is 3.23. The molecule has 0 spiro atoms. The third-order valence-electron chi connectivity index (χ3n) is 4.48. The molecular weight excluding hydrogens is 354 g/mol. The van der Waals surface area contributed by atoms with Crippen LogP contribution in [0.25, 0.3) is 16.6 Å². The number of amides is 1.